The van der Waals surface area contributed by atoms with E-state index in [0.717, 1.165) is 12.8 Å². The molecule has 0 radical (unpaired) electrons. The van der Waals surface area contributed by atoms with Gasteiger partial charge in [0.2, 0.25) is 0 Å². The minimum atomic E-state index is -0.971. The van der Waals surface area contributed by atoms with Gasteiger partial charge in [0.25, 0.3) is 0 Å². The Labute approximate surface area is 129 Å². The number of urea groups is 1. The molecule has 1 rings (SSSR count). The van der Waals surface area contributed by atoms with Crippen molar-refractivity contribution < 1.29 is 14.3 Å². The second-order valence-corrected chi connectivity index (χ2v) is 5.61. The summed E-state index contributed by atoms with van der Waals surface area (Å²) in [5.74, 6) is -0.372. The lowest BCUT2D eigenvalue weighted by molar-refractivity contribution is -0.151. The quantitative estimate of drug-likeness (QED) is 0.722. The van der Waals surface area contributed by atoms with Crippen LogP contribution in [0.1, 0.15) is 46.5 Å². The van der Waals surface area contributed by atoms with Crippen LogP contribution < -0.4 is 10.6 Å². The van der Waals surface area contributed by atoms with Crippen LogP contribution in [0, 0.1) is 0 Å². The number of hydrogen-bond donors (Lipinski definition) is 2. The van der Waals surface area contributed by atoms with Gasteiger partial charge in [-0.05, 0) is 19.8 Å². The standard InChI is InChI=1S/C14H23N3O3S/c1-4-7-14(8-5-2,11(18)20-6-3)17-12(19)16-13-15-9-10-21-13/h9-10H,4-8H2,1-3H3,(H2,15,16,17,19). The fourth-order valence-electron chi connectivity index (χ4n) is 2.26. The van der Waals surface area contributed by atoms with Gasteiger partial charge in [0, 0.05) is 11.6 Å². The first-order chi connectivity index (χ1) is 10.1. The summed E-state index contributed by atoms with van der Waals surface area (Å²) in [4.78, 5) is 28.4. The van der Waals surface area contributed by atoms with Crippen molar-refractivity contribution >= 4 is 28.5 Å². The van der Waals surface area contributed by atoms with Gasteiger partial charge in [-0.25, -0.2) is 14.6 Å². The zero-order valence-electron chi connectivity index (χ0n) is 12.8. The van der Waals surface area contributed by atoms with Gasteiger partial charge in [-0.3, -0.25) is 5.32 Å². The second-order valence-electron chi connectivity index (χ2n) is 4.72. The lowest BCUT2D eigenvalue weighted by atomic mass is 9.88. The summed E-state index contributed by atoms with van der Waals surface area (Å²) in [5.41, 5.74) is -0.971. The van der Waals surface area contributed by atoms with E-state index in [1.54, 1.807) is 18.5 Å². The Kier molecular flexibility index (Phi) is 7.14. The number of anilines is 1. The number of ether oxygens (including phenoxy) is 1. The van der Waals surface area contributed by atoms with Crippen molar-refractivity contribution in [2.75, 3.05) is 11.9 Å². The van der Waals surface area contributed by atoms with Crippen molar-refractivity contribution in [2.24, 2.45) is 0 Å². The number of aromatic nitrogens is 1. The maximum atomic E-state index is 12.3. The highest BCUT2D eigenvalue weighted by atomic mass is 32.1. The Morgan fingerprint density at radius 2 is 1.95 bits per heavy atom. The molecule has 2 N–H and O–H groups in total. The van der Waals surface area contributed by atoms with Crippen LogP contribution in [-0.2, 0) is 9.53 Å². The molecule has 0 aliphatic carbocycles. The molecule has 6 nitrogen and oxygen atoms in total. The van der Waals surface area contributed by atoms with Crippen LogP contribution in [0.15, 0.2) is 11.6 Å². The highest BCUT2D eigenvalue weighted by Gasteiger charge is 2.39. The Bertz CT molecular complexity index is 442. The van der Waals surface area contributed by atoms with Gasteiger partial charge < -0.3 is 10.1 Å². The van der Waals surface area contributed by atoms with Crippen molar-refractivity contribution in [3.63, 3.8) is 0 Å². The first kappa shape index (κ1) is 17.4. The highest BCUT2D eigenvalue weighted by Crippen LogP contribution is 2.22. The molecule has 1 heterocycles. The van der Waals surface area contributed by atoms with Gasteiger partial charge in [0.1, 0.15) is 5.54 Å². The number of rotatable bonds is 8. The molecule has 0 unspecified atom stereocenters. The zero-order chi connectivity index (χ0) is 15.7. The zero-order valence-corrected chi connectivity index (χ0v) is 13.6. The van der Waals surface area contributed by atoms with Gasteiger partial charge in [-0.2, -0.15) is 0 Å². The molecule has 0 aliphatic rings. The number of carbonyl (C=O) groups excluding carboxylic acids is 2. The van der Waals surface area contributed by atoms with Crippen molar-refractivity contribution in [2.45, 2.75) is 52.0 Å². The predicted octanol–water partition coefficient (Wildman–Crippen LogP) is 3.17. The average molecular weight is 313 g/mol. The van der Waals surface area contributed by atoms with E-state index in [2.05, 4.69) is 15.6 Å². The van der Waals surface area contributed by atoms with Gasteiger partial charge in [-0.15, -0.1) is 11.3 Å². The topological polar surface area (TPSA) is 80.3 Å². The SMILES string of the molecule is CCCC(CCC)(NC(=O)Nc1nccs1)C(=O)OCC. The molecule has 2 amide bonds. The molecule has 1 aromatic rings. The number of esters is 1. The molecular formula is C14H23N3O3S. The maximum absolute atomic E-state index is 12.3. The lowest BCUT2D eigenvalue weighted by Crippen LogP contribution is -2.56. The molecule has 0 fully saturated rings. The van der Waals surface area contributed by atoms with E-state index in [9.17, 15) is 9.59 Å². The molecule has 0 saturated heterocycles. The average Bonchev–Trinajstić information content (AvgIpc) is 2.92. The fraction of sp³-hybridized carbons (Fsp3) is 0.643. The van der Waals surface area contributed by atoms with E-state index in [-0.39, 0.29) is 5.97 Å². The van der Waals surface area contributed by atoms with E-state index in [1.165, 1.54) is 11.3 Å². The van der Waals surface area contributed by atoms with Crippen molar-refractivity contribution in [3.8, 4) is 0 Å². The normalized spacial score (nSPS) is 11.0. The lowest BCUT2D eigenvalue weighted by Gasteiger charge is -2.31. The van der Waals surface area contributed by atoms with Crippen LogP contribution in [-0.4, -0.2) is 29.1 Å². The van der Waals surface area contributed by atoms with Crippen molar-refractivity contribution in [1.82, 2.24) is 10.3 Å². The maximum Gasteiger partial charge on any atom is 0.331 e. The number of nitrogens with zero attached hydrogens (tertiary/aromatic N) is 1. The van der Waals surface area contributed by atoms with Crippen LogP contribution in [0.25, 0.3) is 0 Å². The van der Waals surface area contributed by atoms with Crippen LogP contribution in [0.2, 0.25) is 0 Å². The van der Waals surface area contributed by atoms with Crippen molar-refractivity contribution in [3.05, 3.63) is 11.6 Å². The molecular weight excluding hydrogens is 290 g/mol. The summed E-state index contributed by atoms with van der Waals surface area (Å²) in [6.45, 7) is 6.01. The second kappa shape index (κ2) is 8.61. The fourth-order valence-corrected chi connectivity index (χ4v) is 2.78. The Balaban J connectivity index is 2.83. The smallest absolute Gasteiger partial charge is 0.331 e. The number of thiazole rings is 1. The molecule has 118 valence electrons. The summed E-state index contributed by atoms with van der Waals surface area (Å²) >= 11 is 1.32. The third kappa shape index (κ3) is 5.00. The van der Waals surface area contributed by atoms with Crippen LogP contribution >= 0.6 is 11.3 Å². The summed E-state index contributed by atoms with van der Waals surface area (Å²) in [7, 11) is 0. The summed E-state index contributed by atoms with van der Waals surface area (Å²) in [6, 6.07) is -0.431. The summed E-state index contributed by atoms with van der Waals surface area (Å²) in [5, 5.41) is 7.71. The monoisotopic (exact) mass is 313 g/mol. The predicted molar refractivity (Wildman–Crippen MR) is 83.4 cm³/mol. The largest absolute Gasteiger partial charge is 0.464 e. The molecule has 0 aromatic carbocycles. The van der Waals surface area contributed by atoms with Crippen LogP contribution in [0.5, 0.6) is 0 Å². The Hall–Kier alpha value is -1.63. The van der Waals surface area contributed by atoms with Crippen LogP contribution in [0.4, 0.5) is 9.93 Å². The Morgan fingerprint density at radius 3 is 2.43 bits per heavy atom. The molecule has 0 aliphatic heterocycles. The molecule has 0 saturated carbocycles. The van der Waals surface area contributed by atoms with Crippen LogP contribution in [0.3, 0.4) is 0 Å². The number of hydrogen-bond acceptors (Lipinski definition) is 5. The van der Waals surface area contributed by atoms with E-state index in [0.29, 0.717) is 24.6 Å². The van der Waals surface area contributed by atoms with E-state index in [1.807, 2.05) is 13.8 Å². The van der Waals surface area contributed by atoms with Gasteiger partial charge in [-0.1, -0.05) is 26.7 Å². The van der Waals surface area contributed by atoms with Gasteiger partial charge >= 0.3 is 12.0 Å². The number of nitrogens with one attached hydrogen (secondary N) is 2. The van der Waals surface area contributed by atoms with E-state index in [4.69, 9.17) is 4.74 Å². The number of carbonyl (C=O) groups is 2. The third-order valence-corrected chi connectivity index (χ3v) is 3.71. The third-order valence-electron chi connectivity index (χ3n) is 3.03. The first-order valence-electron chi connectivity index (χ1n) is 7.23. The molecule has 1 aromatic heterocycles. The highest BCUT2D eigenvalue weighted by molar-refractivity contribution is 7.13. The van der Waals surface area contributed by atoms with Crippen molar-refractivity contribution in [1.29, 1.82) is 0 Å². The molecule has 0 bridgehead atoms. The Morgan fingerprint density at radius 1 is 1.29 bits per heavy atom. The van der Waals surface area contributed by atoms with E-state index >= 15 is 0 Å². The minimum absolute atomic E-state index is 0.295. The molecule has 0 atom stereocenters. The van der Waals surface area contributed by atoms with E-state index < -0.39 is 11.6 Å². The van der Waals surface area contributed by atoms with Gasteiger partial charge in [0.05, 0.1) is 6.61 Å². The molecule has 7 heteroatoms. The van der Waals surface area contributed by atoms with Gasteiger partial charge in [0.15, 0.2) is 5.13 Å². The first-order valence-corrected chi connectivity index (χ1v) is 8.11. The molecule has 21 heavy (non-hydrogen) atoms. The number of amides is 2. The minimum Gasteiger partial charge on any atom is -0.464 e. The molecule has 0 spiro atoms. The summed E-state index contributed by atoms with van der Waals surface area (Å²) < 4.78 is 5.15. The summed E-state index contributed by atoms with van der Waals surface area (Å²) in [6.07, 6.45) is 4.25.